The van der Waals surface area contributed by atoms with Gasteiger partial charge in [0.05, 0.1) is 9.26 Å². The van der Waals surface area contributed by atoms with Crippen LogP contribution in [0, 0.1) is 9.49 Å². The van der Waals surface area contributed by atoms with Crippen molar-refractivity contribution in [1.29, 1.82) is 0 Å². The summed E-state index contributed by atoms with van der Waals surface area (Å²) in [5.74, 6) is 2.01. The zero-order valence-corrected chi connectivity index (χ0v) is 15.1. The molecule has 0 amide bonds. The first-order chi connectivity index (χ1) is 10.1. The van der Waals surface area contributed by atoms with E-state index < -0.39 is 0 Å². The third kappa shape index (κ3) is 3.39. The van der Waals surface area contributed by atoms with Crippen molar-refractivity contribution in [3.8, 4) is 11.4 Å². The molecule has 0 saturated heterocycles. The van der Waals surface area contributed by atoms with Gasteiger partial charge >= 0.3 is 0 Å². The van der Waals surface area contributed by atoms with Crippen molar-refractivity contribution in [2.45, 2.75) is 39.0 Å². The Kier molecular flexibility index (Phi) is 4.50. The number of hydrogen-bond acceptors (Lipinski definition) is 2. The monoisotopic (exact) mass is 412 g/mol. The molecule has 2 nitrogen and oxygen atoms in total. The van der Waals surface area contributed by atoms with Crippen molar-refractivity contribution >= 4 is 34.2 Å². The fourth-order valence-corrected chi connectivity index (χ4v) is 3.21. The molecule has 0 unspecified atom stereocenters. The van der Waals surface area contributed by atoms with Crippen LogP contribution in [-0.2, 0) is 6.42 Å². The van der Waals surface area contributed by atoms with Crippen LogP contribution >= 0.6 is 34.2 Å². The molecule has 2 aromatic rings. The molecule has 1 fully saturated rings. The third-order valence-corrected chi connectivity index (χ3v) is 5.43. The quantitative estimate of drug-likeness (QED) is 0.491. The Morgan fingerprint density at radius 1 is 1.24 bits per heavy atom. The standard InChI is InChI=1S/C17H18ClIN2/c1-10(2)9-14-15(19)16(18)21-17(20-14)13-6-4-3-5-12(13)11-7-8-11/h3-6,10-11H,7-9H2,1-2H3. The van der Waals surface area contributed by atoms with Crippen LogP contribution in [0.25, 0.3) is 11.4 Å². The minimum atomic E-state index is 0.552. The highest BCUT2D eigenvalue weighted by atomic mass is 127. The van der Waals surface area contributed by atoms with Gasteiger partial charge in [0.2, 0.25) is 0 Å². The van der Waals surface area contributed by atoms with E-state index in [4.69, 9.17) is 16.6 Å². The van der Waals surface area contributed by atoms with Crippen LogP contribution in [0.1, 0.15) is 43.9 Å². The first kappa shape index (κ1) is 15.2. The second kappa shape index (κ2) is 6.21. The Labute approximate surface area is 144 Å². The first-order valence-corrected chi connectivity index (χ1v) is 8.83. The Morgan fingerprint density at radius 3 is 2.62 bits per heavy atom. The lowest BCUT2D eigenvalue weighted by molar-refractivity contribution is 0.632. The predicted molar refractivity (Wildman–Crippen MR) is 95.7 cm³/mol. The smallest absolute Gasteiger partial charge is 0.161 e. The second-order valence-electron chi connectivity index (χ2n) is 6.06. The largest absolute Gasteiger partial charge is 0.232 e. The molecule has 1 aliphatic rings. The summed E-state index contributed by atoms with van der Waals surface area (Å²) in [6.45, 7) is 4.40. The Hall–Kier alpha value is -0.680. The van der Waals surface area contributed by atoms with Crippen LogP contribution in [0.15, 0.2) is 24.3 Å². The summed E-state index contributed by atoms with van der Waals surface area (Å²) >= 11 is 8.59. The number of nitrogens with zero attached hydrogens (tertiary/aromatic N) is 2. The van der Waals surface area contributed by atoms with Crippen molar-refractivity contribution in [1.82, 2.24) is 9.97 Å². The van der Waals surface area contributed by atoms with E-state index in [1.807, 2.05) is 0 Å². The van der Waals surface area contributed by atoms with E-state index in [-0.39, 0.29) is 0 Å². The molecule has 3 rings (SSSR count). The maximum Gasteiger partial charge on any atom is 0.161 e. The molecular weight excluding hydrogens is 395 g/mol. The number of rotatable bonds is 4. The van der Waals surface area contributed by atoms with Gasteiger partial charge in [-0.1, -0.05) is 49.7 Å². The number of halogens is 2. The summed E-state index contributed by atoms with van der Waals surface area (Å²) in [5.41, 5.74) is 3.57. The molecule has 1 aromatic carbocycles. The van der Waals surface area contributed by atoms with Crippen LogP contribution in [0.5, 0.6) is 0 Å². The van der Waals surface area contributed by atoms with Gasteiger partial charge in [0.25, 0.3) is 0 Å². The highest BCUT2D eigenvalue weighted by Crippen LogP contribution is 2.44. The average Bonchev–Trinajstić information content (AvgIpc) is 3.27. The lowest BCUT2D eigenvalue weighted by Gasteiger charge is -2.12. The van der Waals surface area contributed by atoms with E-state index in [0.29, 0.717) is 17.0 Å². The summed E-state index contributed by atoms with van der Waals surface area (Å²) < 4.78 is 0.982. The maximum atomic E-state index is 6.34. The summed E-state index contributed by atoms with van der Waals surface area (Å²) in [4.78, 5) is 9.34. The molecule has 0 atom stereocenters. The summed E-state index contributed by atoms with van der Waals surface area (Å²) in [6, 6.07) is 8.47. The summed E-state index contributed by atoms with van der Waals surface area (Å²) in [7, 11) is 0. The van der Waals surface area contributed by atoms with Gasteiger partial charge in [-0.25, -0.2) is 9.97 Å². The predicted octanol–water partition coefficient (Wildman–Crippen LogP) is 5.48. The van der Waals surface area contributed by atoms with Gasteiger partial charge in [0, 0.05) is 5.56 Å². The fraction of sp³-hybridized carbons (Fsp3) is 0.412. The van der Waals surface area contributed by atoms with E-state index in [1.165, 1.54) is 18.4 Å². The minimum Gasteiger partial charge on any atom is -0.232 e. The Bertz CT molecular complexity index is 666. The highest BCUT2D eigenvalue weighted by Gasteiger charge is 2.27. The molecule has 0 N–H and O–H groups in total. The highest BCUT2D eigenvalue weighted by molar-refractivity contribution is 14.1. The maximum absolute atomic E-state index is 6.34. The van der Waals surface area contributed by atoms with E-state index >= 15 is 0 Å². The van der Waals surface area contributed by atoms with Crippen LogP contribution in [-0.4, -0.2) is 9.97 Å². The molecule has 0 aliphatic heterocycles. The van der Waals surface area contributed by atoms with Crippen molar-refractivity contribution in [2.24, 2.45) is 5.92 Å². The van der Waals surface area contributed by atoms with Gasteiger partial charge in [0.15, 0.2) is 5.82 Å². The van der Waals surface area contributed by atoms with Gasteiger partial charge in [-0.05, 0) is 59.3 Å². The molecule has 4 heteroatoms. The summed E-state index contributed by atoms with van der Waals surface area (Å²) in [5, 5.41) is 0.571. The van der Waals surface area contributed by atoms with Crippen LogP contribution in [0.4, 0.5) is 0 Å². The Morgan fingerprint density at radius 2 is 1.95 bits per heavy atom. The second-order valence-corrected chi connectivity index (χ2v) is 7.49. The summed E-state index contributed by atoms with van der Waals surface area (Å²) in [6.07, 6.45) is 3.47. The van der Waals surface area contributed by atoms with Gasteiger partial charge < -0.3 is 0 Å². The van der Waals surface area contributed by atoms with E-state index in [0.717, 1.165) is 27.1 Å². The van der Waals surface area contributed by atoms with Crippen LogP contribution in [0.2, 0.25) is 5.15 Å². The molecule has 1 aliphatic carbocycles. The third-order valence-electron chi connectivity index (χ3n) is 3.70. The molecule has 1 saturated carbocycles. The molecule has 0 spiro atoms. The molecule has 110 valence electrons. The van der Waals surface area contributed by atoms with Gasteiger partial charge in [-0.15, -0.1) is 0 Å². The molecular formula is C17H18ClIN2. The lowest BCUT2D eigenvalue weighted by atomic mass is 10.0. The van der Waals surface area contributed by atoms with Crippen molar-refractivity contribution < 1.29 is 0 Å². The molecule has 0 bridgehead atoms. The van der Waals surface area contributed by atoms with E-state index in [1.54, 1.807) is 0 Å². The van der Waals surface area contributed by atoms with Crippen molar-refractivity contribution in [3.63, 3.8) is 0 Å². The number of aromatic nitrogens is 2. The SMILES string of the molecule is CC(C)Cc1nc(-c2ccccc2C2CC2)nc(Cl)c1I. The van der Waals surface area contributed by atoms with Crippen molar-refractivity contribution in [3.05, 3.63) is 44.2 Å². The van der Waals surface area contributed by atoms with Crippen molar-refractivity contribution in [2.75, 3.05) is 0 Å². The molecule has 1 aromatic heterocycles. The molecule has 21 heavy (non-hydrogen) atoms. The van der Waals surface area contributed by atoms with Gasteiger partial charge in [-0.3, -0.25) is 0 Å². The number of hydrogen-bond donors (Lipinski definition) is 0. The molecule has 1 heterocycles. The minimum absolute atomic E-state index is 0.552. The topological polar surface area (TPSA) is 25.8 Å². The van der Waals surface area contributed by atoms with E-state index in [2.05, 4.69) is 65.7 Å². The Balaban J connectivity index is 2.08. The normalized spacial score (nSPS) is 14.7. The fourth-order valence-electron chi connectivity index (χ4n) is 2.56. The number of benzene rings is 1. The first-order valence-electron chi connectivity index (χ1n) is 7.37. The van der Waals surface area contributed by atoms with Gasteiger partial charge in [-0.2, -0.15) is 0 Å². The van der Waals surface area contributed by atoms with Gasteiger partial charge in [0.1, 0.15) is 5.15 Å². The zero-order valence-electron chi connectivity index (χ0n) is 12.2. The zero-order chi connectivity index (χ0) is 15.0. The lowest BCUT2D eigenvalue weighted by Crippen LogP contribution is -2.05. The average molecular weight is 413 g/mol. The van der Waals surface area contributed by atoms with Crippen LogP contribution in [0.3, 0.4) is 0 Å². The molecule has 0 radical (unpaired) electrons. The van der Waals surface area contributed by atoms with Crippen LogP contribution < -0.4 is 0 Å². The van der Waals surface area contributed by atoms with E-state index in [9.17, 15) is 0 Å².